The molecule has 5 rings (SSSR count). The monoisotopic (exact) mass is 380 g/mol. The molecular weight excluding hydrogens is 363 g/mol. The minimum Gasteiger partial charge on any atom is -0.307 e. The van der Waals surface area contributed by atoms with Crippen molar-refractivity contribution in [2.75, 3.05) is 0 Å². The number of hydrogen-bond acceptors (Lipinski definition) is 3. The highest BCUT2D eigenvalue weighted by atomic mass is 31.2. The van der Waals surface area contributed by atoms with Crippen molar-refractivity contribution in [1.29, 1.82) is 0 Å². The van der Waals surface area contributed by atoms with Gasteiger partial charge >= 0.3 is 0 Å². The number of hydrogen-bond donors (Lipinski definition) is 0. The third kappa shape index (κ3) is 2.64. The van der Waals surface area contributed by atoms with E-state index in [-0.39, 0.29) is 0 Å². The average Bonchev–Trinajstić information content (AvgIpc) is 2.78. The second-order valence-electron chi connectivity index (χ2n) is 6.66. The topological polar surface area (TPSA) is 42.9 Å². The number of pyridine rings is 2. The van der Waals surface area contributed by atoms with Crippen molar-refractivity contribution in [2.45, 2.75) is 0 Å². The van der Waals surface area contributed by atoms with Crippen molar-refractivity contribution < 1.29 is 4.57 Å². The van der Waals surface area contributed by atoms with E-state index >= 15 is 0 Å². The molecule has 2 heterocycles. The highest BCUT2D eigenvalue weighted by molar-refractivity contribution is 7.85. The van der Waals surface area contributed by atoms with Gasteiger partial charge in [-0.2, -0.15) is 0 Å². The third-order valence-corrected chi connectivity index (χ3v) is 7.99. The fourth-order valence-electron chi connectivity index (χ4n) is 3.63. The highest BCUT2D eigenvalue weighted by Gasteiger charge is 2.32. The molecule has 4 heteroatoms. The molecule has 0 bridgehead atoms. The zero-order valence-corrected chi connectivity index (χ0v) is 16.0. The summed E-state index contributed by atoms with van der Waals surface area (Å²) in [6, 6.07) is 31.3. The Hall–Kier alpha value is -3.29. The molecule has 0 saturated heterocycles. The maximum Gasteiger partial charge on any atom is 0.189 e. The second-order valence-corrected chi connectivity index (χ2v) is 9.34. The lowest BCUT2D eigenvalue weighted by Gasteiger charge is -2.21. The molecule has 2 aromatic heterocycles. The smallest absolute Gasteiger partial charge is 0.189 e. The molecule has 134 valence electrons. The van der Waals surface area contributed by atoms with Crippen LogP contribution in [-0.2, 0) is 4.57 Å². The van der Waals surface area contributed by atoms with Gasteiger partial charge in [0.05, 0.1) is 0 Å². The van der Waals surface area contributed by atoms with Crippen LogP contribution in [0.4, 0.5) is 0 Å². The summed E-state index contributed by atoms with van der Waals surface area (Å²) in [5.41, 5.74) is 1.16. The largest absolute Gasteiger partial charge is 0.307 e. The van der Waals surface area contributed by atoms with Crippen molar-refractivity contribution in [3.05, 3.63) is 103 Å². The SMILES string of the molecule is O=P(c1ccccc1)(c1ccc2cccnc2n1)c1cccc2ccccc12. The molecule has 1 unspecified atom stereocenters. The highest BCUT2D eigenvalue weighted by Crippen LogP contribution is 2.43. The Morgan fingerprint density at radius 1 is 0.643 bits per heavy atom. The number of fused-ring (bicyclic) bond motifs is 2. The summed E-state index contributed by atoms with van der Waals surface area (Å²) in [5, 5.41) is 4.56. The molecule has 28 heavy (non-hydrogen) atoms. The zero-order valence-electron chi connectivity index (χ0n) is 15.1. The first kappa shape index (κ1) is 16.9. The van der Waals surface area contributed by atoms with Crippen molar-refractivity contribution in [3.8, 4) is 0 Å². The molecule has 0 saturated carbocycles. The Morgan fingerprint density at radius 2 is 1.39 bits per heavy atom. The van der Waals surface area contributed by atoms with E-state index in [2.05, 4.69) is 4.98 Å². The van der Waals surface area contributed by atoms with Crippen LogP contribution in [0.3, 0.4) is 0 Å². The van der Waals surface area contributed by atoms with E-state index in [1.807, 2.05) is 97.1 Å². The second kappa shape index (κ2) is 6.70. The molecule has 0 aliphatic heterocycles. The quantitative estimate of drug-likeness (QED) is 0.435. The normalized spacial score (nSPS) is 13.4. The molecule has 0 spiro atoms. The molecule has 1 atom stereocenters. The van der Waals surface area contributed by atoms with Crippen LogP contribution >= 0.6 is 7.14 Å². The number of benzene rings is 3. The molecule has 0 N–H and O–H groups in total. The maximum absolute atomic E-state index is 14.8. The van der Waals surface area contributed by atoms with E-state index in [4.69, 9.17) is 4.98 Å². The molecule has 0 radical (unpaired) electrons. The van der Waals surface area contributed by atoms with Gasteiger partial charge in [-0.3, -0.25) is 0 Å². The van der Waals surface area contributed by atoms with Gasteiger partial charge in [-0.1, -0.05) is 72.8 Å². The van der Waals surface area contributed by atoms with Gasteiger partial charge in [-0.05, 0) is 35.0 Å². The first-order valence-electron chi connectivity index (χ1n) is 9.13. The Kier molecular flexibility index (Phi) is 4.03. The predicted molar refractivity (Wildman–Crippen MR) is 116 cm³/mol. The summed E-state index contributed by atoms with van der Waals surface area (Å²) >= 11 is 0. The van der Waals surface area contributed by atoms with Crippen LogP contribution in [0.2, 0.25) is 0 Å². The van der Waals surface area contributed by atoms with Crippen molar-refractivity contribution in [2.24, 2.45) is 0 Å². The van der Waals surface area contributed by atoms with E-state index in [0.29, 0.717) is 11.1 Å². The molecular formula is C24H17N2OP. The fraction of sp³-hybridized carbons (Fsp3) is 0. The first-order valence-corrected chi connectivity index (χ1v) is 10.8. The molecule has 0 aliphatic carbocycles. The fourth-order valence-corrected chi connectivity index (χ4v) is 6.37. The molecule has 0 aliphatic rings. The summed E-state index contributed by atoms with van der Waals surface area (Å²) in [4.78, 5) is 9.11. The van der Waals surface area contributed by atoms with Gasteiger partial charge in [0.25, 0.3) is 0 Å². The van der Waals surface area contributed by atoms with Gasteiger partial charge in [-0.25, -0.2) is 9.97 Å². The molecule has 0 amide bonds. The summed E-state index contributed by atoms with van der Waals surface area (Å²) in [7, 11) is -3.18. The van der Waals surface area contributed by atoms with Crippen LogP contribution in [0.15, 0.2) is 103 Å². The molecule has 0 fully saturated rings. The van der Waals surface area contributed by atoms with Gasteiger partial charge < -0.3 is 4.57 Å². The Bertz CT molecular complexity index is 1340. The van der Waals surface area contributed by atoms with Crippen LogP contribution in [0, 0.1) is 0 Å². The lowest BCUT2D eigenvalue weighted by Crippen LogP contribution is -2.27. The van der Waals surface area contributed by atoms with Gasteiger partial charge in [0, 0.05) is 22.2 Å². The minimum atomic E-state index is -3.18. The van der Waals surface area contributed by atoms with Gasteiger partial charge in [0.15, 0.2) is 12.8 Å². The van der Waals surface area contributed by atoms with E-state index in [9.17, 15) is 4.57 Å². The first-order chi connectivity index (χ1) is 13.8. The van der Waals surface area contributed by atoms with Gasteiger partial charge in [-0.15, -0.1) is 0 Å². The van der Waals surface area contributed by atoms with E-state index in [1.165, 1.54) is 0 Å². The van der Waals surface area contributed by atoms with Crippen LogP contribution in [0.5, 0.6) is 0 Å². The van der Waals surface area contributed by atoms with Gasteiger partial charge in [0.2, 0.25) is 0 Å². The average molecular weight is 380 g/mol. The Morgan fingerprint density at radius 3 is 2.29 bits per heavy atom. The molecule has 3 aromatic carbocycles. The number of rotatable bonds is 3. The summed E-state index contributed by atoms with van der Waals surface area (Å²) in [6.07, 6.45) is 1.71. The van der Waals surface area contributed by atoms with Crippen LogP contribution < -0.4 is 16.0 Å². The van der Waals surface area contributed by atoms with Crippen molar-refractivity contribution in [1.82, 2.24) is 9.97 Å². The van der Waals surface area contributed by atoms with Crippen LogP contribution in [-0.4, -0.2) is 9.97 Å². The number of nitrogens with zero attached hydrogens (tertiary/aromatic N) is 2. The Balaban J connectivity index is 1.87. The lowest BCUT2D eigenvalue weighted by atomic mass is 10.1. The maximum atomic E-state index is 14.8. The zero-order chi connectivity index (χ0) is 19.0. The van der Waals surface area contributed by atoms with E-state index in [0.717, 1.165) is 26.8 Å². The Labute approximate surface area is 163 Å². The van der Waals surface area contributed by atoms with Crippen molar-refractivity contribution in [3.63, 3.8) is 0 Å². The molecule has 3 nitrogen and oxygen atoms in total. The minimum absolute atomic E-state index is 0.557. The summed E-state index contributed by atoms with van der Waals surface area (Å²) in [5.74, 6) is 0. The van der Waals surface area contributed by atoms with E-state index in [1.54, 1.807) is 6.20 Å². The van der Waals surface area contributed by atoms with Crippen LogP contribution in [0.1, 0.15) is 0 Å². The summed E-state index contributed by atoms with van der Waals surface area (Å²) in [6.45, 7) is 0. The van der Waals surface area contributed by atoms with Crippen molar-refractivity contribution >= 4 is 45.0 Å². The lowest BCUT2D eigenvalue weighted by molar-refractivity contribution is 0.592. The number of aromatic nitrogens is 2. The van der Waals surface area contributed by atoms with Gasteiger partial charge in [0.1, 0.15) is 5.44 Å². The summed E-state index contributed by atoms with van der Waals surface area (Å²) < 4.78 is 14.8. The standard InChI is InChI=1S/C24H17N2OP/c27-28(20-11-2-1-3-12-20,22-14-6-9-18-8-4-5-13-21(18)22)23-16-15-19-10-7-17-25-24(19)26-23/h1-17H. The third-order valence-electron chi connectivity index (χ3n) is 5.00. The van der Waals surface area contributed by atoms with E-state index < -0.39 is 7.14 Å². The predicted octanol–water partition coefficient (Wildman–Crippen LogP) is 4.42. The molecule has 5 aromatic rings. The van der Waals surface area contributed by atoms with Crippen LogP contribution in [0.25, 0.3) is 21.8 Å².